The molecule has 1 aliphatic rings. The lowest BCUT2D eigenvalue weighted by molar-refractivity contribution is -0.122. The molecule has 6 heteroatoms. The van der Waals surface area contributed by atoms with E-state index >= 15 is 0 Å². The maximum absolute atomic E-state index is 11.5. The van der Waals surface area contributed by atoms with Crippen LogP contribution >= 0.6 is 15.9 Å². The minimum atomic E-state index is 0.179. The summed E-state index contributed by atoms with van der Waals surface area (Å²) in [6.07, 6.45) is 2.07. The molecule has 0 aromatic heterocycles. The summed E-state index contributed by atoms with van der Waals surface area (Å²) in [6, 6.07) is 8.15. The van der Waals surface area contributed by atoms with Crippen molar-refractivity contribution in [2.45, 2.75) is 19.4 Å². The van der Waals surface area contributed by atoms with Gasteiger partial charge in [0.1, 0.15) is 0 Å². The average molecular weight is 367 g/mol. The van der Waals surface area contributed by atoms with Crippen LogP contribution < -0.4 is 10.6 Å². The van der Waals surface area contributed by atoms with E-state index in [1.807, 2.05) is 25.2 Å². The van der Waals surface area contributed by atoms with Gasteiger partial charge in [0, 0.05) is 44.1 Å². The molecule has 1 aliphatic carbocycles. The highest BCUT2D eigenvalue weighted by Crippen LogP contribution is 2.28. The van der Waals surface area contributed by atoms with Gasteiger partial charge in [-0.05, 0) is 24.5 Å². The van der Waals surface area contributed by atoms with Crippen LogP contribution in [0.25, 0.3) is 0 Å². The molecule has 2 N–H and O–H groups in total. The molecule has 1 aromatic carbocycles. The largest absolute Gasteiger partial charge is 0.354 e. The van der Waals surface area contributed by atoms with Crippen LogP contribution in [-0.4, -0.2) is 44.0 Å². The number of carbonyl (C=O) groups excluding carboxylic acids is 1. The molecule has 0 atom stereocenters. The summed E-state index contributed by atoms with van der Waals surface area (Å²) in [4.78, 5) is 17.9. The Balaban J connectivity index is 1.75. The van der Waals surface area contributed by atoms with Crippen molar-refractivity contribution in [3.8, 4) is 0 Å². The van der Waals surface area contributed by atoms with Gasteiger partial charge >= 0.3 is 0 Å². The third-order valence-corrected chi connectivity index (χ3v) is 4.37. The number of nitrogens with zero attached hydrogens (tertiary/aromatic N) is 2. The number of carbonyl (C=O) groups is 1. The molecular formula is C16H23BrN4O. The Labute approximate surface area is 140 Å². The lowest BCUT2D eigenvalue weighted by atomic mass is 10.2. The Morgan fingerprint density at radius 3 is 2.64 bits per heavy atom. The van der Waals surface area contributed by atoms with Crippen molar-refractivity contribution in [3.05, 3.63) is 34.3 Å². The summed E-state index contributed by atoms with van der Waals surface area (Å²) in [5, 5.41) is 6.21. The van der Waals surface area contributed by atoms with E-state index in [9.17, 15) is 4.79 Å². The first kappa shape index (κ1) is 16.8. The summed E-state index contributed by atoms with van der Waals surface area (Å²) in [5.74, 6) is 1.26. The average Bonchev–Trinajstić information content (AvgIpc) is 3.34. The van der Waals surface area contributed by atoms with Gasteiger partial charge in [-0.1, -0.05) is 34.1 Å². The predicted molar refractivity (Wildman–Crippen MR) is 92.7 cm³/mol. The number of hydrogen-bond donors (Lipinski definition) is 2. The standard InChI is InChI=1S/C16H23BrN4O/c1-18-16(20-10-9-19-15(22)12-7-8-12)21(2)11-13-5-3-4-6-14(13)17/h3-6,12H,7-11H2,1-2H3,(H,18,20)(H,19,22). The lowest BCUT2D eigenvalue weighted by Crippen LogP contribution is -2.42. The van der Waals surface area contributed by atoms with Gasteiger partial charge in [0.2, 0.25) is 5.91 Å². The number of hydrogen-bond acceptors (Lipinski definition) is 2. The fraction of sp³-hybridized carbons (Fsp3) is 0.500. The summed E-state index contributed by atoms with van der Waals surface area (Å²) in [6.45, 7) is 2.05. The van der Waals surface area contributed by atoms with Crippen molar-refractivity contribution in [2.75, 3.05) is 27.2 Å². The molecule has 0 aliphatic heterocycles. The van der Waals surface area contributed by atoms with Gasteiger partial charge in [-0.15, -0.1) is 0 Å². The fourth-order valence-corrected chi connectivity index (χ4v) is 2.60. The highest BCUT2D eigenvalue weighted by atomic mass is 79.9. The molecule has 0 spiro atoms. The highest BCUT2D eigenvalue weighted by Gasteiger charge is 2.28. The third kappa shape index (κ3) is 5.02. The van der Waals surface area contributed by atoms with E-state index in [2.05, 4.69) is 42.5 Å². The molecule has 2 rings (SSSR count). The van der Waals surface area contributed by atoms with Crippen molar-refractivity contribution in [1.29, 1.82) is 0 Å². The Hall–Kier alpha value is -1.56. The summed E-state index contributed by atoms with van der Waals surface area (Å²) >= 11 is 3.56. The highest BCUT2D eigenvalue weighted by molar-refractivity contribution is 9.10. The molecule has 0 bridgehead atoms. The fourth-order valence-electron chi connectivity index (χ4n) is 2.19. The van der Waals surface area contributed by atoms with Crippen molar-refractivity contribution < 1.29 is 4.79 Å². The molecule has 0 radical (unpaired) electrons. The molecule has 1 fully saturated rings. The monoisotopic (exact) mass is 366 g/mol. The topological polar surface area (TPSA) is 56.7 Å². The second-order valence-electron chi connectivity index (χ2n) is 5.49. The van der Waals surface area contributed by atoms with Gasteiger partial charge in [-0.25, -0.2) is 0 Å². The lowest BCUT2D eigenvalue weighted by Gasteiger charge is -2.22. The molecular weight excluding hydrogens is 344 g/mol. The number of guanidine groups is 1. The van der Waals surface area contributed by atoms with E-state index in [-0.39, 0.29) is 11.8 Å². The molecule has 0 heterocycles. The molecule has 0 unspecified atom stereocenters. The summed E-state index contributed by atoms with van der Waals surface area (Å²) < 4.78 is 1.09. The van der Waals surface area contributed by atoms with Gasteiger partial charge < -0.3 is 15.5 Å². The van der Waals surface area contributed by atoms with Crippen molar-refractivity contribution >= 4 is 27.8 Å². The summed E-state index contributed by atoms with van der Waals surface area (Å²) in [5.41, 5.74) is 1.20. The van der Waals surface area contributed by atoms with Crippen LogP contribution in [0.5, 0.6) is 0 Å². The predicted octanol–water partition coefficient (Wildman–Crippen LogP) is 1.98. The molecule has 0 saturated heterocycles. The number of nitrogens with one attached hydrogen (secondary N) is 2. The first-order valence-corrected chi connectivity index (χ1v) is 8.34. The Kier molecular flexibility index (Phi) is 6.24. The zero-order valence-electron chi connectivity index (χ0n) is 13.1. The smallest absolute Gasteiger partial charge is 0.223 e. The number of rotatable bonds is 6. The number of benzene rings is 1. The molecule has 1 amide bonds. The molecule has 1 saturated carbocycles. The van der Waals surface area contributed by atoms with Crippen molar-refractivity contribution in [1.82, 2.24) is 15.5 Å². The SMILES string of the molecule is CN=C(NCCNC(=O)C1CC1)N(C)Cc1ccccc1Br. The van der Waals surface area contributed by atoms with Crippen LogP contribution in [0.4, 0.5) is 0 Å². The normalized spacial score (nSPS) is 14.6. The zero-order chi connectivity index (χ0) is 15.9. The van der Waals surface area contributed by atoms with Crippen LogP contribution in [0.2, 0.25) is 0 Å². The van der Waals surface area contributed by atoms with Crippen LogP contribution in [-0.2, 0) is 11.3 Å². The number of aliphatic imine (C=N–C) groups is 1. The third-order valence-electron chi connectivity index (χ3n) is 3.59. The molecule has 120 valence electrons. The van der Waals surface area contributed by atoms with Crippen LogP contribution in [0, 0.1) is 5.92 Å². The van der Waals surface area contributed by atoms with Gasteiger partial charge in [0.25, 0.3) is 0 Å². The van der Waals surface area contributed by atoms with Gasteiger partial charge in [-0.2, -0.15) is 0 Å². The minimum Gasteiger partial charge on any atom is -0.354 e. The van der Waals surface area contributed by atoms with Gasteiger partial charge in [0.05, 0.1) is 0 Å². The van der Waals surface area contributed by atoms with Crippen LogP contribution in [0.3, 0.4) is 0 Å². The zero-order valence-corrected chi connectivity index (χ0v) is 14.7. The minimum absolute atomic E-state index is 0.179. The summed E-state index contributed by atoms with van der Waals surface area (Å²) in [7, 11) is 3.76. The first-order chi connectivity index (χ1) is 10.6. The maximum atomic E-state index is 11.5. The Morgan fingerprint density at radius 2 is 2.00 bits per heavy atom. The number of halogens is 1. The van der Waals surface area contributed by atoms with E-state index in [1.54, 1.807) is 7.05 Å². The van der Waals surface area contributed by atoms with Gasteiger partial charge in [0.15, 0.2) is 5.96 Å². The van der Waals surface area contributed by atoms with Crippen molar-refractivity contribution in [2.24, 2.45) is 10.9 Å². The molecule has 1 aromatic rings. The first-order valence-electron chi connectivity index (χ1n) is 7.54. The van der Waals surface area contributed by atoms with E-state index in [4.69, 9.17) is 0 Å². The van der Waals surface area contributed by atoms with E-state index < -0.39 is 0 Å². The Bertz CT molecular complexity index is 543. The maximum Gasteiger partial charge on any atom is 0.223 e. The van der Waals surface area contributed by atoms with E-state index in [1.165, 1.54) is 5.56 Å². The number of amides is 1. The van der Waals surface area contributed by atoms with Gasteiger partial charge in [-0.3, -0.25) is 9.79 Å². The van der Waals surface area contributed by atoms with E-state index in [0.717, 1.165) is 29.8 Å². The quantitative estimate of drug-likeness (QED) is 0.459. The Morgan fingerprint density at radius 1 is 1.32 bits per heavy atom. The van der Waals surface area contributed by atoms with E-state index in [0.29, 0.717) is 13.1 Å². The van der Waals surface area contributed by atoms with Crippen LogP contribution in [0.1, 0.15) is 18.4 Å². The van der Waals surface area contributed by atoms with Crippen LogP contribution in [0.15, 0.2) is 33.7 Å². The molecule has 5 nitrogen and oxygen atoms in total. The second-order valence-corrected chi connectivity index (χ2v) is 6.34. The van der Waals surface area contributed by atoms with Crippen molar-refractivity contribution in [3.63, 3.8) is 0 Å². The molecule has 22 heavy (non-hydrogen) atoms. The second kappa shape index (κ2) is 8.17.